The minimum Gasteiger partial charge on any atom is -0.302 e. The third-order valence-corrected chi connectivity index (χ3v) is 5.67. The maximum Gasteiger partial charge on any atom is 0.197 e. The Bertz CT molecular complexity index is 880. The highest BCUT2D eigenvalue weighted by Gasteiger charge is 2.18. The van der Waals surface area contributed by atoms with Crippen LogP contribution in [0.2, 0.25) is 10.2 Å². The van der Waals surface area contributed by atoms with E-state index in [4.69, 9.17) is 28.5 Å². The Morgan fingerprint density at radius 2 is 2.00 bits per heavy atom. The van der Waals surface area contributed by atoms with Gasteiger partial charge < -0.3 is 4.57 Å². The first-order valence-corrected chi connectivity index (χ1v) is 8.91. The fourth-order valence-electron chi connectivity index (χ4n) is 1.96. The van der Waals surface area contributed by atoms with Gasteiger partial charge in [0.1, 0.15) is 15.8 Å². The van der Waals surface area contributed by atoms with Gasteiger partial charge in [-0.05, 0) is 54.5 Å². The topological polar surface area (TPSA) is 67.4 Å². The Morgan fingerprint density at radius 3 is 2.65 bits per heavy atom. The van der Waals surface area contributed by atoms with Gasteiger partial charge in [0.2, 0.25) is 0 Å². The van der Waals surface area contributed by atoms with Gasteiger partial charge in [0.25, 0.3) is 0 Å². The summed E-state index contributed by atoms with van der Waals surface area (Å²) in [5, 5.41) is 19.2. The molecule has 0 unspecified atom stereocenters. The zero-order chi connectivity index (χ0) is 16.4. The van der Waals surface area contributed by atoms with Gasteiger partial charge in [0.15, 0.2) is 16.1 Å². The van der Waals surface area contributed by atoms with Gasteiger partial charge >= 0.3 is 0 Å². The fourth-order valence-corrected chi connectivity index (χ4v) is 4.23. The molecular weight excluding hydrogens is 373 g/mol. The van der Waals surface area contributed by atoms with E-state index in [1.165, 1.54) is 23.3 Å². The van der Waals surface area contributed by atoms with Gasteiger partial charge in [-0.1, -0.05) is 23.2 Å². The Labute approximate surface area is 151 Å². The van der Waals surface area contributed by atoms with Gasteiger partial charge in [0.05, 0.1) is 0 Å². The quantitative estimate of drug-likeness (QED) is 0.651. The number of nitrogens with zero attached hydrogens (tertiary/aromatic N) is 5. The van der Waals surface area contributed by atoms with Crippen LogP contribution >= 0.6 is 46.5 Å². The normalized spacial score (nSPS) is 10.7. The molecule has 1 aromatic carbocycles. The summed E-state index contributed by atoms with van der Waals surface area (Å²) in [5.74, 6) is 0.751. The Hall–Kier alpha value is -1.59. The van der Waals surface area contributed by atoms with E-state index < -0.39 is 0 Å². The summed E-state index contributed by atoms with van der Waals surface area (Å²) in [6.07, 6.45) is 0. The molecule has 0 radical (unpaired) electrons. The van der Waals surface area contributed by atoms with Crippen molar-refractivity contribution in [3.63, 3.8) is 0 Å². The lowest BCUT2D eigenvalue weighted by Crippen LogP contribution is -1.99. The summed E-state index contributed by atoms with van der Waals surface area (Å²) in [6.45, 7) is 2.71. The molecule has 2 aromatic heterocycles. The predicted molar refractivity (Wildman–Crippen MR) is 92.1 cm³/mol. The standard InChI is InChI=1S/C14H9Cl2N5S2/c1-2-21-12(8-3-5-9(15)6-4-8)18-19-14(21)22-13-10(7-17)11(16)20-23-13/h3-6H,2H2,1H3. The van der Waals surface area contributed by atoms with Crippen molar-refractivity contribution in [3.05, 3.63) is 40.0 Å². The van der Waals surface area contributed by atoms with Crippen LogP contribution in [0.1, 0.15) is 12.5 Å². The van der Waals surface area contributed by atoms with Crippen LogP contribution in [0.5, 0.6) is 0 Å². The van der Waals surface area contributed by atoms with E-state index in [1.54, 1.807) is 0 Å². The molecule has 23 heavy (non-hydrogen) atoms. The summed E-state index contributed by atoms with van der Waals surface area (Å²) >= 11 is 14.4. The maximum atomic E-state index is 9.17. The van der Waals surface area contributed by atoms with Crippen molar-refractivity contribution in [1.82, 2.24) is 19.1 Å². The number of hydrogen-bond donors (Lipinski definition) is 0. The molecule has 0 aliphatic rings. The third kappa shape index (κ3) is 3.21. The first-order valence-electron chi connectivity index (χ1n) is 6.56. The molecule has 2 heterocycles. The molecule has 9 heteroatoms. The van der Waals surface area contributed by atoms with Gasteiger partial charge in [0, 0.05) is 17.1 Å². The molecule has 3 aromatic rings. The number of halogens is 2. The minimum absolute atomic E-state index is 0.223. The minimum atomic E-state index is 0.223. The molecule has 0 bridgehead atoms. The van der Waals surface area contributed by atoms with Crippen molar-refractivity contribution in [1.29, 1.82) is 5.26 Å². The zero-order valence-corrected chi connectivity index (χ0v) is 15.0. The van der Waals surface area contributed by atoms with E-state index in [0.29, 0.717) is 26.5 Å². The molecule has 0 spiro atoms. The van der Waals surface area contributed by atoms with Gasteiger partial charge in [-0.25, -0.2) is 0 Å². The smallest absolute Gasteiger partial charge is 0.197 e. The number of nitriles is 1. The van der Waals surface area contributed by atoms with Crippen molar-refractivity contribution in [2.75, 3.05) is 0 Å². The molecule has 0 atom stereocenters. The highest BCUT2D eigenvalue weighted by molar-refractivity contribution is 8.01. The van der Waals surface area contributed by atoms with Crippen molar-refractivity contribution < 1.29 is 0 Å². The van der Waals surface area contributed by atoms with Crippen LogP contribution in [0.15, 0.2) is 33.6 Å². The Morgan fingerprint density at radius 1 is 1.26 bits per heavy atom. The summed E-state index contributed by atoms with van der Waals surface area (Å²) in [5.41, 5.74) is 1.30. The van der Waals surface area contributed by atoms with Crippen LogP contribution in [-0.2, 0) is 6.54 Å². The van der Waals surface area contributed by atoms with E-state index in [1.807, 2.05) is 35.8 Å². The van der Waals surface area contributed by atoms with E-state index in [0.717, 1.165) is 11.4 Å². The lowest BCUT2D eigenvalue weighted by atomic mass is 10.2. The second-order valence-corrected chi connectivity index (χ2v) is 7.21. The number of aromatic nitrogens is 4. The molecule has 0 aliphatic carbocycles. The molecule has 116 valence electrons. The Kier molecular flexibility index (Phi) is 4.87. The molecule has 3 rings (SSSR count). The molecule has 0 fully saturated rings. The number of rotatable bonds is 4. The van der Waals surface area contributed by atoms with Crippen molar-refractivity contribution >= 4 is 46.5 Å². The second kappa shape index (κ2) is 6.89. The highest BCUT2D eigenvalue weighted by atomic mass is 35.5. The van der Waals surface area contributed by atoms with Crippen LogP contribution in [0, 0.1) is 11.3 Å². The summed E-state index contributed by atoms with van der Waals surface area (Å²) < 4.78 is 6.69. The van der Waals surface area contributed by atoms with Gasteiger partial charge in [-0.2, -0.15) is 9.64 Å². The van der Waals surface area contributed by atoms with Crippen molar-refractivity contribution in [2.24, 2.45) is 0 Å². The molecule has 0 amide bonds. The van der Waals surface area contributed by atoms with Gasteiger partial charge in [-0.15, -0.1) is 10.2 Å². The lowest BCUT2D eigenvalue weighted by Gasteiger charge is -2.06. The molecule has 0 saturated heterocycles. The van der Waals surface area contributed by atoms with Crippen LogP contribution in [0.25, 0.3) is 11.4 Å². The monoisotopic (exact) mass is 381 g/mol. The third-order valence-electron chi connectivity index (χ3n) is 3.05. The van der Waals surface area contributed by atoms with Crippen molar-refractivity contribution in [2.45, 2.75) is 22.8 Å². The number of benzene rings is 1. The SMILES string of the molecule is CCn1c(Sc2snc(Cl)c2C#N)nnc1-c1ccc(Cl)cc1. The van der Waals surface area contributed by atoms with E-state index >= 15 is 0 Å². The Balaban J connectivity index is 1.98. The average Bonchev–Trinajstić information content (AvgIpc) is 3.12. The van der Waals surface area contributed by atoms with Crippen molar-refractivity contribution in [3.8, 4) is 17.5 Å². The first kappa shape index (κ1) is 16.3. The van der Waals surface area contributed by atoms with Crippen LogP contribution in [0.4, 0.5) is 0 Å². The maximum absolute atomic E-state index is 9.17. The molecule has 5 nitrogen and oxygen atoms in total. The molecule has 0 saturated carbocycles. The molecule has 0 aliphatic heterocycles. The molecule has 0 N–H and O–H groups in total. The summed E-state index contributed by atoms with van der Waals surface area (Å²) in [7, 11) is 0. The largest absolute Gasteiger partial charge is 0.302 e. The predicted octanol–water partition coefficient (Wildman–Crippen LogP) is 4.75. The average molecular weight is 382 g/mol. The lowest BCUT2D eigenvalue weighted by molar-refractivity contribution is 0.687. The second-order valence-electron chi connectivity index (χ2n) is 4.41. The summed E-state index contributed by atoms with van der Waals surface area (Å²) in [6, 6.07) is 9.50. The van der Waals surface area contributed by atoms with Crippen LogP contribution in [0.3, 0.4) is 0 Å². The molecular formula is C14H9Cl2N5S2. The fraction of sp³-hybridized carbons (Fsp3) is 0.143. The first-order chi connectivity index (χ1) is 11.1. The summed E-state index contributed by atoms with van der Waals surface area (Å²) in [4.78, 5) is 0. The van der Waals surface area contributed by atoms with E-state index in [-0.39, 0.29) is 5.15 Å². The van der Waals surface area contributed by atoms with Gasteiger partial charge in [-0.3, -0.25) is 0 Å². The van der Waals surface area contributed by atoms with Crippen LogP contribution in [-0.4, -0.2) is 19.1 Å². The van der Waals surface area contributed by atoms with Crippen LogP contribution < -0.4 is 0 Å². The van der Waals surface area contributed by atoms with E-state index in [2.05, 4.69) is 20.6 Å². The number of hydrogen-bond acceptors (Lipinski definition) is 6. The van der Waals surface area contributed by atoms with E-state index in [9.17, 15) is 0 Å². The zero-order valence-electron chi connectivity index (χ0n) is 11.8. The highest BCUT2D eigenvalue weighted by Crippen LogP contribution is 2.37.